The molecule has 0 unspecified atom stereocenters. The first-order chi connectivity index (χ1) is 11.4. The van der Waals surface area contributed by atoms with Gasteiger partial charge in [-0.15, -0.1) is 0 Å². The number of carbonyl (C=O) groups excluding carboxylic acids is 3. The zero-order chi connectivity index (χ0) is 17.3. The van der Waals surface area contributed by atoms with Crippen molar-refractivity contribution >= 4 is 23.5 Å². The molecule has 1 aliphatic heterocycles. The molecule has 4 amide bonds. The number of carbonyl (C=O) groups is 3. The molecule has 1 heterocycles. The number of rotatable bonds is 4. The molecule has 1 aromatic carbocycles. The molecule has 6 heteroatoms. The molecule has 2 fully saturated rings. The van der Waals surface area contributed by atoms with Gasteiger partial charge < -0.3 is 10.6 Å². The molecule has 1 aliphatic carbocycles. The van der Waals surface area contributed by atoms with Crippen molar-refractivity contribution in [2.45, 2.75) is 51.5 Å². The van der Waals surface area contributed by atoms with Crippen LogP contribution in [0.4, 0.5) is 10.5 Å². The summed E-state index contributed by atoms with van der Waals surface area (Å²) in [5.41, 5.74) is 2.29. The van der Waals surface area contributed by atoms with Crippen LogP contribution in [0.3, 0.4) is 0 Å². The van der Waals surface area contributed by atoms with E-state index >= 15 is 0 Å². The fourth-order valence-corrected chi connectivity index (χ4v) is 3.45. The summed E-state index contributed by atoms with van der Waals surface area (Å²) in [5, 5.41) is 5.64. The first kappa shape index (κ1) is 16.5. The summed E-state index contributed by atoms with van der Waals surface area (Å²) in [4.78, 5) is 37.9. The smallest absolute Gasteiger partial charge is 0.325 e. The lowest BCUT2D eigenvalue weighted by Gasteiger charge is -2.19. The van der Waals surface area contributed by atoms with E-state index in [-0.39, 0.29) is 30.8 Å². The zero-order valence-electron chi connectivity index (χ0n) is 14.1. The molecule has 0 atom stereocenters. The molecule has 1 spiro atoms. The molecule has 0 aromatic heterocycles. The lowest BCUT2D eigenvalue weighted by atomic mass is 9.98. The molecule has 1 saturated carbocycles. The summed E-state index contributed by atoms with van der Waals surface area (Å²) in [5.74, 6) is -0.379. The van der Waals surface area contributed by atoms with Gasteiger partial charge in [0, 0.05) is 18.7 Å². The molecule has 2 N–H and O–H groups in total. The second kappa shape index (κ2) is 6.26. The minimum absolute atomic E-state index is 0.0994. The Bertz CT molecular complexity index is 693. The number of aryl methyl sites for hydroxylation is 2. The summed E-state index contributed by atoms with van der Waals surface area (Å²) in [6, 6.07) is 5.34. The van der Waals surface area contributed by atoms with Crippen LogP contribution in [0.2, 0.25) is 0 Å². The Hall–Kier alpha value is -2.37. The van der Waals surface area contributed by atoms with Crippen molar-refractivity contribution in [1.82, 2.24) is 10.2 Å². The number of urea groups is 1. The highest BCUT2D eigenvalue weighted by Gasteiger charge is 2.52. The van der Waals surface area contributed by atoms with Gasteiger partial charge in [0.15, 0.2) is 0 Å². The molecule has 24 heavy (non-hydrogen) atoms. The van der Waals surface area contributed by atoms with Crippen LogP contribution >= 0.6 is 0 Å². The maximum atomic E-state index is 12.5. The Morgan fingerprint density at radius 3 is 2.58 bits per heavy atom. The van der Waals surface area contributed by atoms with Gasteiger partial charge in [-0.05, 0) is 49.9 Å². The highest BCUT2D eigenvalue weighted by molar-refractivity contribution is 6.07. The summed E-state index contributed by atoms with van der Waals surface area (Å²) in [6.45, 7) is 4.11. The average molecular weight is 329 g/mol. The Labute approximate surface area is 141 Å². The Balaban J connectivity index is 1.57. The third-order valence-electron chi connectivity index (χ3n) is 5.06. The topological polar surface area (TPSA) is 78.5 Å². The highest BCUT2D eigenvalue weighted by Crippen LogP contribution is 2.35. The fourth-order valence-electron chi connectivity index (χ4n) is 3.45. The highest BCUT2D eigenvalue weighted by atomic mass is 16.2. The van der Waals surface area contributed by atoms with Crippen LogP contribution in [0.25, 0.3) is 0 Å². The molecule has 2 aliphatic rings. The van der Waals surface area contributed by atoms with Gasteiger partial charge in [-0.3, -0.25) is 14.5 Å². The maximum Gasteiger partial charge on any atom is 0.325 e. The minimum Gasteiger partial charge on any atom is -0.326 e. The molecular formula is C18H23N3O3. The molecular weight excluding hydrogens is 306 g/mol. The van der Waals surface area contributed by atoms with Crippen molar-refractivity contribution in [3.63, 3.8) is 0 Å². The van der Waals surface area contributed by atoms with E-state index in [1.807, 2.05) is 32.0 Å². The maximum absolute atomic E-state index is 12.5. The Kier molecular flexibility index (Phi) is 4.30. The predicted octanol–water partition coefficient (Wildman–Crippen LogP) is 2.50. The van der Waals surface area contributed by atoms with Crippen molar-refractivity contribution in [3.05, 3.63) is 29.3 Å². The number of hydrogen-bond donors (Lipinski definition) is 2. The second-order valence-electron chi connectivity index (χ2n) is 6.77. The van der Waals surface area contributed by atoms with Crippen LogP contribution in [0.15, 0.2) is 18.2 Å². The van der Waals surface area contributed by atoms with Crippen molar-refractivity contribution in [1.29, 1.82) is 0 Å². The van der Waals surface area contributed by atoms with Crippen molar-refractivity contribution in [3.8, 4) is 0 Å². The van der Waals surface area contributed by atoms with E-state index in [1.54, 1.807) is 0 Å². The van der Waals surface area contributed by atoms with E-state index in [0.717, 1.165) is 29.7 Å². The standard InChI is InChI=1S/C18H23N3O3/c1-12-5-6-14(11-13(12)2)19-15(22)7-10-21-16(23)18(20-17(21)24)8-3-4-9-18/h5-6,11H,3-4,7-10H2,1-2H3,(H,19,22)(H,20,24). The van der Waals surface area contributed by atoms with Crippen LogP contribution in [-0.2, 0) is 9.59 Å². The Morgan fingerprint density at radius 2 is 1.92 bits per heavy atom. The normalized spacial score (nSPS) is 19.0. The van der Waals surface area contributed by atoms with Crippen molar-refractivity contribution in [2.24, 2.45) is 0 Å². The van der Waals surface area contributed by atoms with Crippen LogP contribution in [0.1, 0.15) is 43.2 Å². The van der Waals surface area contributed by atoms with E-state index < -0.39 is 5.54 Å². The van der Waals surface area contributed by atoms with Gasteiger partial charge in [-0.2, -0.15) is 0 Å². The van der Waals surface area contributed by atoms with Gasteiger partial charge in [0.05, 0.1) is 0 Å². The minimum atomic E-state index is -0.707. The molecule has 0 bridgehead atoms. The molecule has 0 radical (unpaired) electrons. The van der Waals surface area contributed by atoms with Gasteiger partial charge in [0.1, 0.15) is 5.54 Å². The van der Waals surface area contributed by atoms with E-state index in [0.29, 0.717) is 12.8 Å². The van der Waals surface area contributed by atoms with E-state index in [4.69, 9.17) is 0 Å². The number of anilines is 1. The van der Waals surface area contributed by atoms with Crippen LogP contribution in [0.5, 0.6) is 0 Å². The molecule has 3 rings (SSSR count). The third kappa shape index (κ3) is 3.00. The van der Waals surface area contributed by atoms with E-state index in [1.165, 1.54) is 4.90 Å². The second-order valence-corrected chi connectivity index (χ2v) is 6.77. The summed E-state index contributed by atoms with van der Waals surface area (Å²) in [7, 11) is 0. The lowest BCUT2D eigenvalue weighted by Crippen LogP contribution is -2.44. The average Bonchev–Trinajstić information content (AvgIpc) is 3.08. The van der Waals surface area contributed by atoms with Crippen LogP contribution in [0, 0.1) is 13.8 Å². The quantitative estimate of drug-likeness (QED) is 0.833. The first-order valence-electron chi connectivity index (χ1n) is 8.42. The molecule has 6 nitrogen and oxygen atoms in total. The number of imide groups is 1. The molecule has 1 saturated heterocycles. The van der Waals surface area contributed by atoms with E-state index in [2.05, 4.69) is 10.6 Å². The number of hydrogen-bond acceptors (Lipinski definition) is 3. The molecule has 128 valence electrons. The summed E-state index contributed by atoms with van der Waals surface area (Å²) >= 11 is 0. The molecule has 1 aromatic rings. The van der Waals surface area contributed by atoms with Crippen molar-refractivity contribution < 1.29 is 14.4 Å². The van der Waals surface area contributed by atoms with E-state index in [9.17, 15) is 14.4 Å². The number of amides is 4. The van der Waals surface area contributed by atoms with Crippen LogP contribution < -0.4 is 10.6 Å². The number of nitrogens with zero attached hydrogens (tertiary/aromatic N) is 1. The SMILES string of the molecule is Cc1ccc(NC(=O)CCN2C(=O)NC3(CCCC3)C2=O)cc1C. The van der Waals surface area contributed by atoms with Gasteiger partial charge >= 0.3 is 6.03 Å². The van der Waals surface area contributed by atoms with Crippen LogP contribution in [-0.4, -0.2) is 34.8 Å². The largest absolute Gasteiger partial charge is 0.326 e. The fraction of sp³-hybridized carbons (Fsp3) is 0.500. The monoisotopic (exact) mass is 329 g/mol. The van der Waals surface area contributed by atoms with Gasteiger partial charge in [0.2, 0.25) is 5.91 Å². The third-order valence-corrected chi connectivity index (χ3v) is 5.06. The number of benzene rings is 1. The zero-order valence-corrected chi connectivity index (χ0v) is 14.1. The van der Waals surface area contributed by atoms with Gasteiger partial charge in [-0.25, -0.2) is 4.79 Å². The first-order valence-corrected chi connectivity index (χ1v) is 8.42. The summed E-state index contributed by atoms with van der Waals surface area (Å²) < 4.78 is 0. The van der Waals surface area contributed by atoms with Crippen molar-refractivity contribution in [2.75, 3.05) is 11.9 Å². The van der Waals surface area contributed by atoms with Gasteiger partial charge in [-0.1, -0.05) is 18.9 Å². The van der Waals surface area contributed by atoms with Gasteiger partial charge in [0.25, 0.3) is 5.91 Å². The summed E-state index contributed by atoms with van der Waals surface area (Å²) in [6.07, 6.45) is 3.40. The number of nitrogens with one attached hydrogen (secondary N) is 2. The lowest BCUT2D eigenvalue weighted by molar-refractivity contribution is -0.131. The Morgan fingerprint density at radius 1 is 1.21 bits per heavy atom. The predicted molar refractivity (Wildman–Crippen MR) is 90.6 cm³/mol.